The first-order chi connectivity index (χ1) is 14.9. The maximum atomic E-state index is 13.5. The summed E-state index contributed by atoms with van der Waals surface area (Å²) in [6.07, 6.45) is 4.84. The van der Waals surface area contributed by atoms with E-state index in [1.54, 1.807) is 0 Å². The van der Waals surface area contributed by atoms with Gasteiger partial charge in [-0.3, -0.25) is 9.59 Å². The summed E-state index contributed by atoms with van der Waals surface area (Å²) in [7, 11) is 3.95. The second kappa shape index (κ2) is 7.75. The molecule has 2 N–H and O–H groups in total. The standard InChI is InChI=1S/C23H30N6O2/c1-27(2)12-15-7-8-19-16-9-14(11-29(19)21(15)30)10-28(13-16)22(31)20-17-5-3-4-6-18(17)25-23(24)26-20/h7-8,14,16H,3-6,9-13H2,1-2H3,(H2,24,25,26)/t14-,16+/m0/s1. The van der Waals surface area contributed by atoms with Crippen LogP contribution in [0.25, 0.3) is 0 Å². The van der Waals surface area contributed by atoms with Crippen LogP contribution in [0.4, 0.5) is 5.95 Å². The van der Waals surface area contributed by atoms with E-state index in [9.17, 15) is 9.59 Å². The Balaban J connectivity index is 1.44. The quantitative estimate of drug-likeness (QED) is 0.804. The molecule has 2 aromatic heterocycles. The molecule has 1 aliphatic carbocycles. The summed E-state index contributed by atoms with van der Waals surface area (Å²) in [6.45, 7) is 2.57. The van der Waals surface area contributed by atoms with Crippen molar-refractivity contribution in [1.29, 1.82) is 0 Å². The highest BCUT2D eigenvalue weighted by molar-refractivity contribution is 5.94. The van der Waals surface area contributed by atoms with Crippen LogP contribution in [0, 0.1) is 5.92 Å². The third-order valence-electron chi connectivity index (χ3n) is 6.86. The normalized spacial score (nSPS) is 22.2. The number of nitrogens with two attached hydrogens (primary N) is 1. The minimum atomic E-state index is -0.0398. The van der Waals surface area contributed by atoms with E-state index in [4.69, 9.17) is 5.73 Å². The van der Waals surface area contributed by atoms with Crippen molar-refractivity contribution in [3.05, 3.63) is 50.7 Å². The van der Waals surface area contributed by atoms with Crippen LogP contribution >= 0.6 is 0 Å². The molecule has 164 valence electrons. The number of aromatic nitrogens is 3. The van der Waals surface area contributed by atoms with Crippen molar-refractivity contribution >= 4 is 11.9 Å². The average Bonchev–Trinajstić information content (AvgIpc) is 2.74. The fourth-order valence-electron chi connectivity index (χ4n) is 5.56. The lowest BCUT2D eigenvalue weighted by molar-refractivity contribution is 0.0586. The van der Waals surface area contributed by atoms with Crippen molar-refractivity contribution in [2.45, 2.75) is 51.1 Å². The minimum absolute atomic E-state index is 0.0398. The summed E-state index contributed by atoms with van der Waals surface area (Å²) in [4.78, 5) is 39.2. The number of amides is 1. The number of hydrogen-bond donors (Lipinski definition) is 1. The predicted molar refractivity (Wildman–Crippen MR) is 118 cm³/mol. The topological polar surface area (TPSA) is 97.4 Å². The van der Waals surface area contributed by atoms with Crippen LogP contribution in [0.3, 0.4) is 0 Å². The molecule has 2 bridgehead atoms. The van der Waals surface area contributed by atoms with Crippen LogP contribution in [-0.4, -0.2) is 57.4 Å². The molecule has 0 unspecified atom stereocenters. The van der Waals surface area contributed by atoms with Crippen LogP contribution in [0.5, 0.6) is 0 Å². The van der Waals surface area contributed by atoms with Gasteiger partial charge in [0, 0.05) is 54.6 Å². The fraction of sp³-hybridized carbons (Fsp3) is 0.565. The molecule has 2 atom stereocenters. The molecule has 2 aliphatic heterocycles. The Morgan fingerprint density at radius 3 is 2.77 bits per heavy atom. The number of fused-ring (bicyclic) bond motifs is 5. The zero-order valence-electron chi connectivity index (χ0n) is 18.3. The number of anilines is 1. The number of aryl methyl sites for hydroxylation is 1. The SMILES string of the molecule is CN(C)Cc1ccc2n(c1=O)C[C@H]1C[C@@H]2CN(C(=O)c2nc(N)nc3c2CCCC3)C1. The monoisotopic (exact) mass is 422 g/mol. The summed E-state index contributed by atoms with van der Waals surface area (Å²) >= 11 is 0. The van der Waals surface area contributed by atoms with Gasteiger partial charge in [-0.2, -0.15) is 0 Å². The number of piperidine rings is 1. The highest BCUT2D eigenvalue weighted by Gasteiger charge is 2.38. The van der Waals surface area contributed by atoms with Crippen molar-refractivity contribution in [3.8, 4) is 0 Å². The van der Waals surface area contributed by atoms with Gasteiger partial charge in [-0.1, -0.05) is 6.07 Å². The molecule has 0 radical (unpaired) electrons. The summed E-state index contributed by atoms with van der Waals surface area (Å²) < 4.78 is 1.95. The van der Waals surface area contributed by atoms with Gasteiger partial charge in [0.15, 0.2) is 0 Å². The number of nitrogen functional groups attached to an aromatic ring is 1. The van der Waals surface area contributed by atoms with Gasteiger partial charge in [0.25, 0.3) is 11.5 Å². The molecule has 1 fully saturated rings. The number of hydrogen-bond acceptors (Lipinski definition) is 6. The summed E-state index contributed by atoms with van der Waals surface area (Å²) in [6, 6.07) is 4.04. The van der Waals surface area contributed by atoms with Crippen LogP contribution in [0.15, 0.2) is 16.9 Å². The van der Waals surface area contributed by atoms with E-state index in [0.717, 1.165) is 54.6 Å². The largest absolute Gasteiger partial charge is 0.368 e. The Kier molecular flexibility index (Phi) is 5.04. The molecule has 1 saturated heterocycles. The highest BCUT2D eigenvalue weighted by atomic mass is 16.2. The molecule has 5 rings (SSSR count). The molecular weight excluding hydrogens is 392 g/mol. The van der Waals surface area contributed by atoms with Crippen LogP contribution in [-0.2, 0) is 25.9 Å². The summed E-state index contributed by atoms with van der Waals surface area (Å²) in [5, 5.41) is 0. The molecule has 1 amide bonds. The molecule has 2 aromatic rings. The maximum absolute atomic E-state index is 13.5. The van der Waals surface area contributed by atoms with Crippen molar-refractivity contribution in [2.24, 2.45) is 5.92 Å². The van der Waals surface area contributed by atoms with Crippen LogP contribution in [0.2, 0.25) is 0 Å². The lowest BCUT2D eigenvalue weighted by Gasteiger charge is -2.43. The van der Waals surface area contributed by atoms with E-state index >= 15 is 0 Å². The smallest absolute Gasteiger partial charge is 0.272 e. The zero-order chi connectivity index (χ0) is 21.7. The van der Waals surface area contributed by atoms with Gasteiger partial charge in [0.05, 0.1) is 0 Å². The van der Waals surface area contributed by atoms with Crippen molar-refractivity contribution in [1.82, 2.24) is 24.3 Å². The molecule has 3 aliphatic rings. The summed E-state index contributed by atoms with van der Waals surface area (Å²) in [5.41, 5.74) is 10.3. The second-order valence-electron chi connectivity index (χ2n) is 9.51. The van der Waals surface area contributed by atoms with Gasteiger partial charge in [-0.05, 0) is 58.2 Å². The molecule has 8 heteroatoms. The van der Waals surface area contributed by atoms with Crippen molar-refractivity contribution in [2.75, 3.05) is 32.9 Å². The lowest BCUT2D eigenvalue weighted by Crippen LogP contribution is -2.50. The molecule has 0 saturated carbocycles. The number of likely N-dealkylation sites (tertiary alicyclic amines) is 1. The van der Waals surface area contributed by atoms with Gasteiger partial charge in [-0.15, -0.1) is 0 Å². The average molecular weight is 423 g/mol. The van der Waals surface area contributed by atoms with Crippen molar-refractivity contribution in [3.63, 3.8) is 0 Å². The van der Waals surface area contributed by atoms with E-state index in [1.165, 1.54) is 0 Å². The summed E-state index contributed by atoms with van der Waals surface area (Å²) in [5.74, 6) is 0.596. The predicted octanol–water partition coefficient (Wildman–Crippen LogP) is 1.42. The Labute approximate surface area is 182 Å². The second-order valence-corrected chi connectivity index (χ2v) is 9.51. The fourth-order valence-corrected chi connectivity index (χ4v) is 5.56. The van der Waals surface area contributed by atoms with Gasteiger partial charge in [0.2, 0.25) is 5.95 Å². The van der Waals surface area contributed by atoms with E-state index in [1.807, 2.05) is 34.5 Å². The maximum Gasteiger partial charge on any atom is 0.272 e. The third-order valence-corrected chi connectivity index (χ3v) is 6.86. The van der Waals surface area contributed by atoms with E-state index in [-0.39, 0.29) is 29.3 Å². The number of pyridine rings is 1. The van der Waals surface area contributed by atoms with Gasteiger partial charge < -0.3 is 20.1 Å². The molecule has 0 spiro atoms. The van der Waals surface area contributed by atoms with Crippen molar-refractivity contribution < 1.29 is 4.79 Å². The van der Waals surface area contributed by atoms with E-state index < -0.39 is 0 Å². The number of carbonyl (C=O) groups excluding carboxylic acids is 1. The Hall–Kier alpha value is -2.74. The van der Waals surface area contributed by atoms with Crippen LogP contribution in [0.1, 0.15) is 58.2 Å². The first-order valence-electron chi connectivity index (χ1n) is 11.2. The Bertz CT molecular complexity index is 1090. The Morgan fingerprint density at radius 1 is 1.16 bits per heavy atom. The zero-order valence-corrected chi connectivity index (χ0v) is 18.3. The third kappa shape index (κ3) is 3.63. The Morgan fingerprint density at radius 2 is 1.97 bits per heavy atom. The van der Waals surface area contributed by atoms with Gasteiger partial charge >= 0.3 is 0 Å². The number of rotatable bonds is 3. The highest BCUT2D eigenvalue weighted by Crippen LogP contribution is 2.36. The van der Waals surface area contributed by atoms with Gasteiger partial charge in [0.1, 0.15) is 5.69 Å². The van der Waals surface area contributed by atoms with E-state index in [0.29, 0.717) is 31.9 Å². The molecule has 31 heavy (non-hydrogen) atoms. The minimum Gasteiger partial charge on any atom is -0.368 e. The molecule has 0 aromatic carbocycles. The first-order valence-corrected chi connectivity index (χ1v) is 11.2. The number of carbonyl (C=O) groups is 1. The molecular formula is C23H30N6O2. The first kappa shape index (κ1) is 20.2. The lowest BCUT2D eigenvalue weighted by atomic mass is 9.82. The molecule has 4 heterocycles. The van der Waals surface area contributed by atoms with Gasteiger partial charge in [-0.25, -0.2) is 9.97 Å². The number of nitrogens with zero attached hydrogens (tertiary/aromatic N) is 5. The van der Waals surface area contributed by atoms with E-state index in [2.05, 4.69) is 16.0 Å². The van der Waals surface area contributed by atoms with Crippen LogP contribution < -0.4 is 11.3 Å². The molecule has 8 nitrogen and oxygen atoms in total.